The lowest BCUT2D eigenvalue weighted by Crippen LogP contribution is -1.67. The number of hydrogen-bond acceptors (Lipinski definition) is 1. The first kappa shape index (κ1) is 7.14. The number of carbonyl (C=O) groups excluding carboxylic acids is 1. The van der Waals surface area contributed by atoms with E-state index < -0.39 is 0 Å². The second-order valence-electron chi connectivity index (χ2n) is 1.11. The van der Waals surface area contributed by atoms with E-state index in [-0.39, 0.29) is 0 Å². The van der Waals surface area contributed by atoms with Crippen LogP contribution in [0, 0.1) is 0 Å². The smallest absolute Gasteiger partial charge is 0.120 e. The summed E-state index contributed by atoms with van der Waals surface area (Å²) < 4.78 is 1.92. The minimum Gasteiger partial charge on any atom is -0.303 e. The van der Waals surface area contributed by atoms with Crippen molar-refractivity contribution < 1.29 is 4.79 Å². The first-order valence-electron chi connectivity index (χ1n) is 2.10. The van der Waals surface area contributed by atoms with Crippen LogP contribution >= 0.6 is 22.6 Å². The quantitative estimate of drug-likeness (QED) is 0.395. The van der Waals surface area contributed by atoms with Gasteiger partial charge in [-0.05, 0) is 10.5 Å². The number of halogens is 1. The third kappa shape index (κ3) is 6.14. The summed E-state index contributed by atoms with van der Waals surface area (Å²) >= 11 is 2.13. The number of allylic oxidation sites excluding steroid dienone is 1. The summed E-state index contributed by atoms with van der Waals surface area (Å²) in [6.45, 7) is 0. The molecule has 40 valence electrons. The molecular formula is C5H7IO. The lowest BCUT2D eigenvalue weighted by molar-refractivity contribution is -0.107. The number of carbonyl (C=O) groups is 1. The highest BCUT2D eigenvalue weighted by Gasteiger charge is 1.72. The highest BCUT2D eigenvalue weighted by atomic mass is 127. The van der Waals surface area contributed by atoms with Crippen molar-refractivity contribution in [2.45, 2.75) is 12.8 Å². The summed E-state index contributed by atoms with van der Waals surface area (Å²) in [6.07, 6.45) is 4.43. The second kappa shape index (κ2) is 6.14. The van der Waals surface area contributed by atoms with Crippen LogP contribution in [0.15, 0.2) is 10.2 Å². The fraction of sp³-hybridized carbons (Fsp3) is 0.400. The van der Waals surface area contributed by atoms with Gasteiger partial charge < -0.3 is 4.79 Å². The van der Waals surface area contributed by atoms with Crippen LogP contribution in [0.3, 0.4) is 0 Å². The molecule has 0 bridgehead atoms. The van der Waals surface area contributed by atoms with Gasteiger partial charge in [-0.2, -0.15) is 0 Å². The van der Waals surface area contributed by atoms with E-state index in [1.165, 1.54) is 0 Å². The lowest BCUT2D eigenvalue weighted by Gasteiger charge is -1.75. The molecule has 0 unspecified atom stereocenters. The molecule has 0 saturated heterocycles. The van der Waals surface area contributed by atoms with Crippen LogP contribution in [0.1, 0.15) is 12.8 Å². The van der Waals surface area contributed by atoms with E-state index in [9.17, 15) is 4.79 Å². The van der Waals surface area contributed by atoms with Gasteiger partial charge in [0.05, 0.1) is 0 Å². The number of aldehydes is 1. The fourth-order valence-corrected chi connectivity index (χ4v) is 0.587. The number of unbranched alkanes of at least 4 members (excludes halogenated alkanes) is 1. The van der Waals surface area contributed by atoms with Crippen molar-refractivity contribution in [3.8, 4) is 0 Å². The Labute approximate surface area is 56.9 Å². The van der Waals surface area contributed by atoms with E-state index in [0.717, 1.165) is 12.7 Å². The van der Waals surface area contributed by atoms with Crippen molar-refractivity contribution in [1.82, 2.24) is 0 Å². The topological polar surface area (TPSA) is 17.1 Å². The summed E-state index contributed by atoms with van der Waals surface area (Å²) in [5, 5.41) is 0. The van der Waals surface area contributed by atoms with Gasteiger partial charge in [-0.1, -0.05) is 28.7 Å². The largest absolute Gasteiger partial charge is 0.303 e. The highest BCUT2D eigenvalue weighted by Crippen LogP contribution is 1.90. The third-order valence-corrected chi connectivity index (χ3v) is 1.05. The molecular weight excluding hydrogens is 203 g/mol. The first-order valence-corrected chi connectivity index (χ1v) is 3.35. The molecule has 0 aromatic heterocycles. The van der Waals surface area contributed by atoms with E-state index >= 15 is 0 Å². The predicted octanol–water partition coefficient (Wildman–Crippen LogP) is 1.91. The minimum atomic E-state index is 0.652. The van der Waals surface area contributed by atoms with Crippen molar-refractivity contribution in [2.24, 2.45) is 0 Å². The van der Waals surface area contributed by atoms with E-state index in [0.29, 0.717) is 6.42 Å². The van der Waals surface area contributed by atoms with Crippen molar-refractivity contribution >= 4 is 28.9 Å². The summed E-state index contributed by atoms with van der Waals surface area (Å²) in [5.74, 6) is 0. The zero-order chi connectivity index (χ0) is 5.54. The van der Waals surface area contributed by atoms with Crippen LogP contribution in [0.2, 0.25) is 0 Å². The van der Waals surface area contributed by atoms with Gasteiger partial charge in [0, 0.05) is 6.42 Å². The maximum atomic E-state index is 9.64. The summed E-state index contributed by atoms with van der Waals surface area (Å²) in [5.41, 5.74) is 0. The highest BCUT2D eigenvalue weighted by molar-refractivity contribution is 14.1. The second-order valence-corrected chi connectivity index (χ2v) is 1.82. The van der Waals surface area contributed by atoms with Gasteiger partial charge in [0.15, 0.2) is 0 Å². The van der Waals surface area contributed by atoms with Gasteiger partial charge in [-0.25, -0.2) is 0 Å². The van der Waals surface area contributed by atoms with Crippen molar-refractivity contribution in [3.63, 3.8) is 0 Å². The van der Waals surface area contributed by atoms with Gasteiger partial charge in [-0.3, -0.25) is 0 Å². The lowest BCUT2D eigenvalue weighted by atomic mass is 10.3. The average molecular weight is 210 g/mol. The Balaban J connectivity index is 2.82. The van der Waals surface area contributed by atoms with Crippen molar-refractivity contribution in [3.05, 3.63) is 10.2 Å². The molecule has 1 nitrogen and oxygen atoms in total. The number of rotatable bonds is 3. The van der Waals surface area contributed by atoms with Crippen LogP contribution in [-0.2, 0) is 4.79 Å². The Morgan fingerprint density at radius 3 is 2.57 bits per heavy atom. The molecule has 2 heteroatoms. The van der Waals surface area contributed by atoms with Gasteiger partial charge in [-0.15, -0.1) is 0 Å². The van der Waals surface area contributed by atoms with Crippen LogP contribution in [0.5, 0.6) is 0 Å². The normalized spacial score (nSPS) is 9.86. The minimum absolute atomic E-state index is 0.652. The molecule has 0 aliphatic carbocycles. The van der Waals surface area contributed by atoms with Crippen LogP contribution in [0.25, 0.3) is 0 Å². The van der Waals surface area contributed by atoms with Crippen LogP contribution < -0.4 is 0 Å². The van der Waals surface area contributed by atoms with Gasteiger partial charge in [0.25, 0.3) is 0 Å². The van der Waals surface area contributed by atoms with Crippen molar-refractivity contribution in [1.29, 1.82) is 0 Å². The molecule has 0 N–H and O–H groups in total. The SMILES string of the molecule is O=CCCC=CI. The third-order valence-electron chi connectivity index (χ3n) is 0.540. The Kier molecular flexibility index (Phi) is 6.26. The Bertz CT molecular complexity index is 68.5. The predicted molar refractivity (Wildman–Crippen MR) is 38.5 cm³/mol. The zero-order valence-corrected chi connectivity index (χ0v) is 6.09. The van der Waals surface area contributed by atoms with E-state index in [1.807, 2.05) is 10.2 Å². The monoisotopic (exact) mass is 210 g/mol. The van der Waals surface area contributed by atoms with Gasteiger partial charge in [0.1, 0.15) is 6.29 Å². The number of hydrogen-bond donors (Lipinski definition) is 0. The molecule has 0 aliphatic rings. The zero-order valence-electron chi connectivity index (χ0n) is 3.93. The van der Waals surface area contributed by atoms with Crippen LogP contribution in [0.4, 0.5) is 0 Å². The molecule has 0 radical (unpaired) electrons. The molecule has 0 fully saturated rings. The van der Waals surface area contributed by atoms with Crippen LogP contribution in [-0.4, -0.2) is 6.29 Å². The Morgan fingerprint density at radius 1 is 1.43 bits per heavy atom. The average Bonchev–Trinajstić information content (AvgIpc) is 1.69. The van der Waals surface area contributed by atoms with E-state index in [2.05, 4.69) is 22.6 Å². The van der Waals surface area contributed by atoms with Gasteiger partial charge in [0.2, 0.25) is 0 Å². The molecule has 0 aliphatic heterocycles. The molecule has 0 heterocycles. The first-order chi connectivity index (χ1) is 3.41. The van der Waals surface area contributed by atoms with Gasteiger partial charge >= 0.3 is 0 Å². The van der Waals surface area contributed by atoms with Crippen molar-refractivity contribution in [2.75, 3.05) is 0 Å². The Hall–Kier alpha value is 0.140. The standard InChI is InChI=1S/C5H7IO/c6-4-2-1-3-5-7/h2,4-5H,1,3H2. The van der Waals surface area contributed by atoms with E-state index in [1.54, 1.807) is 0 Å². The maximum absolute atomic E-state index is 9.64. The molecule has 0 amide bonds. The molecule has 0 aromatic rings. The fourth-order valence-electron chi connectivity index (χ4n) is 0.227. The summed E-state index contributed by atoms with van der Waals surface area (Å²) in [7, 11) is 0. The molecule has 0 aromatic carbocycles. The molecule has 0 spiro atoms. The molecule has 7 heavy (non-hydrogen) atoms. The Morgan fingerprint density at radius 2 is 2.14 bits per heavy atom. The van der Waals surface area contributed by atoms with E-state index in [4.69, 9.17) is 0 Å². The molecule has 0 saturated carbocycles. The molecule has 0 atom stereocenters. The molecule has 0 rings (SSSR count). The summed E-state index contributed by atoms with van der Waals surface area (Å²) in [4.78, 5) is 9.64. The summed E-state index contributed by atoms with van der Waals surface area (Å²) in [6, 6.07) is 0. The maximum Gasteiger partial charge on any atom is 0.120 e.